The number of benzene rings is 2. The first-order valence-corrected chi connectivity index (χ1v) is 8.25. The normalized spacial score (nSPS) is 10.1. The van der Waals surface area contributed by atoms with Crippen LogP contribution in [0.1, 0.15) is 31.8 Å². The van der Waals surface area contributed by atoms with Gasteiger partial charge in [0, 0.05) is 16.9 Å². The van der Waals surface area contributed by atoms with Gasteiger partial charge in [0.15, 0.2) is 0 Å². The molecule has 0 saturated heterocycles. The van der Waals surface area contributed by atoms with Crippen LogP contribution in [0.3, 0.4) is 0 Å². The lowest BCUT2D eigenvalue weighted by Crippen LogP contribution is -2.41. The first kappa shape index (κ1) is 16.1. The van der Waals surface area contributed by atoms with Crippen molar-refractivity contribution in [2.24, 2.45) is 0 Å². The Morgan fingerprint density at radius 1 is 1.00 bits per heavy atom. The van der Waals surface area contributed by atoms with Crippen LogP contribution >= 0.6 is 11.8 Å². The SMILES string of the molecule is CSCc1cccc(C(=O)NNC(=O)c2ccccc2C)c1. The summed E-state index contributed by atoms with van der Waals surface area (Å²) >= 11 is 1.69. The largest absolute Gasteiger partial charge is 0.269 e. The van der Waals surface area contributed by atoms with Crippen LogP contribution in [-0.4, -0.2) is 18.1 Å². The van der Waals surface area contributed by atoms with Crippen LogP contribution in [0, 0.1) is 6.92 Å². The topological polar surface area (TPSA) is 58.2 Å². The highest BCUT2D eigenvalue weighted by Crippen LogP contribution is 2.11. The summed E-state index contributed by atoms with van der Waals surface area (Å²) < 4.78 is 0. The molecule has 0 aliphatic heterocycles. The minimum absolute atomic E-state index is 0.327. The monoisotopic (exact) mass is 314 g/mol. The van der Waals surface area contributed by atoms with Gasteiger partial charge in [-0.25, -0.2) is 0 Å². The summed E-state index contributed by atoms with van der Waals surface area (Å²) in [6, 6.07) is 14.6. The van der Waals surface area contributed by atoms with Crippen molar-refractivity contribution >= 4 is 23.6 Å². The Morgan fingerprint density at radius 2 is 1.73 bits per heavy atom. The minimum Gasteiger partial charge on any atom is -0.267 e. The van der Waals surface area contributed by atoms with Gasteiger partial charge in [0.25, 0.3) is 11.8 Å². The number of carbonyl (C=O) groups excluding carboxylic acids is 2. The van der Waals surface area contributed by atoms with Crippen LogP contribution in [0.15, 0.2) is 48.5 Å². The van der Waals surface area contributed by atoms with E-state index >= 15 is 0 Å². The van der Waals surface area contributed by atoms with Gasteiger partial charge < -0.3 is 0 Å². The lowest BCUT2D eigenvalue weighted by molar-refractivity contribution is 0.0846. The molecular weight excluding hydrogens is 296 g/mol. The highest BCUT2D eigenvalue weighted by molar-refractivity contribution is 7.97. The molecule has 22 heavy (non-hydrogen) atoms. The van der Waals surface area contributed by atoms with Crippen LogP contribution in [0.25, 0.3) is 0 Å². The second kappa shape index (κ2) is 7.66. The van der Waals surface area contributed by atoms with Crippen molar-refractivity contribution in [3.8, 4) is 0 Å². The van der Waals surface area contributed by atoms with E-state index in [9.17, 15) is 9.59 Å². The lowest BCUT2D eigenvalue weighted by atomic mass is 10.1. The zero-order valence-corrected chi connectivity index (χ0v) is 13.4. The summed E-state index contributed by atoms with van der Waals surface area (Å²) in [4.78, 5) is 24.1. The molecular formula is C17H18N2O2S. The van der Waals surface area contributed by atoms with E-state index in [0.717, 1.165) is 16.9 Å². The number of hydrazine groups is 1. The molecule has 2 rings (SSSR count). The molecule has 0 aliphatic carbocycles. The van der Waals surface area contributed by atoms with Crippen molar-refractivity contribution in [1.29, 1.82) is 0 Å². The van der Waals surface area contributed by atoms with Gasteiger partial charge in [-0.15, -0.1) is 0 Å². The first-order valence-electron chi connectivity index (χ1n) is 6.86. The molecule has 2 amide bonds. The van der Waals surface area contributed by atoms with E-state index in [2.05, 4.69) is 10.9 Å². The number of nitrogens with one attached hydrogen (secondary N) is 2. The Labute approximate surface area is 134 Å². The predicted molar refractivity (Wildman–Crippen MR) is 89.8 cm³/mol. The Hall–Kier alpha value is -2.27. The molecule has 0 atom stereocenters. The molecule has 0 radical (unpaired) electrons. The molecule has 0 unspecified atom stereocenters. The molecule has 4 nitrogen and oxygen atoms in total. The molecule has 2 aromatic rings. The summed E-state index contributed by atoms with van der Waals surface area (Å²) in [5.74, 6) is 0.188. The van der Waals surface area contributed by atoms with Crippen molar-refractivity contribution in [2.75, 3.05) is 6.26 Å². The van der Waals surface area contributed by atoms with Crippen LogP contribution in [0.5, 0.6) is 0 Å². The molecule has 114 valence electrons. The lowest BCUT2D eigenvalue weighted by Gasteiger charge is -2.09. The molecule has 2 aromatic carbocycles. The van der Waals surface area contributed by atoms with Gasteiger partial charge in [0.2, 0.25) is 0 Å². The van der Waals surface area contributed by atoms with Gasteiger partial charge in [-0.2, -0.15) is 11.8 Å². The molecule has 0 saturated carbocycles. The minimum atomic E-state index is -0.329. The van der Waals surface area contributed by atoms with E-state index < -0.39 is 0 Å². The predicted octanol–water partition coefficient (Wildman–Crippen LogP) is 2.93. The van der Waals surface area contributed by atoms with Crippen LogP contribution in [-0.2, 0) is 5.75 Å². The summed E-state index contributed by atoms with van der Waals surface area (Å²) in [5.41, 5.74) is 7.89. The third-order valence-electron chi connectivity index (χ3n) is 3.18. The Morgan fingerprint density at radius 3 is 2.45 bits per heavy atom. The van der Waals surface area contributed by atoms with E-state index in [4.69, 9.17) is 0 Å². The van der Waals surface area contributed by atoms with Crippen molar-refractivity contribution in [3.05, 3.63) is 70.8 Å². The highest BCUT2D eigenvalue weighted by Gasteiger charge is 2.10. The fourth-order valence-electron chi connectivity index (χ4n) is 2.05. The van der Waals surface area contributed by atoms with E-state index in [-0.39, 0.29) is 11.8 Å². The number of rotatable bonds is 4. The van der Waals surface area contributed by atoms with Gasteiger partial charge >= 0.3 is 0 Å². The Bertz CT molecular complexity index is 686. The van der Waals surface area contributed by atoms with Crippen molar-refractivity contribution in [1.82, 2.24) is 10.9 Å². The summed E-state index contributed by atoms with van der Waals surface area (Å²) in [7, 11) is 0. The number of hydrogen-bond donors (Lipinski definition) is 2. The van der Waals surface area contributed by atoms with Crippen molar-refractivity contribution in [3.63, 3.8) is 0 Å². The summed E-state index contributed by atoms with van der Waals surface area (Å²) in [5, 5.41) is 0. The molecule has 0 aromatic heterocycles. The van der Waals surface area contributed by atoms with Crippen LogP contribution < -0.4 is 10.9 Å². The number of carbonyl (C=O) groups is 2. The van der Waals surface area contributed by atoms with Crippen LogP contribution in [0.4, 0.5) is 0 Å². The maximum atomic E-state index is 12.1. The molecule has 0 fully saturated rings. The standard InChI is InChI=1S/C17H18N2O2S/c1-12-6-3-4-9-15(12)17(21)19-18-16(20)14-8-5-7-13(10-14)11-22-2/h3-10H,11H2,1-2H3,(H,18,20)(H,19,21). The average molecular weight is 314 g/mol. The third kappa shape index (κ3) is 4.11. The summed E-state index contributed by atoms with van der Waals surface area (Å²) in [6.07, 6.45) is 2.01. The van der Waals surface area contributed by atoms with Crippen molar-refractivity contribution in [2.45, 2.75) is 12.7 Å². The fraction of sp³-hybridized carbons (Fsp3) is 0.176. The van der Waals surface area contributed by atoms with Gasteiger partial charge in [-0.1, -0.05) is 30.3 Å². The van der Waals surface area contributed by atoms with Crippen molar-refractivity contribution < 1.29 is 9.59 Å². The van der Waals surface area contributed by atoms with Crippen LogP contribution in [0.2, 0.25) is 0 Å². The fourth-order valence-corrected chi connectivity index (χ4v) is 2.56. The highest BCUT2D eigenvalue weighted by atomic mass is 32.2. The molecule has 2 N–H and O–H groups in total. The quantitative estimate of drug-likeness (QED) is 0.853. The molecule has 5 heteroatoms. The number of hydrogen-bond acceptors (Lipinski definition) is 3. The number of aryl methyl sites for hydroxylation is 1. The molecule has 0 bridgehead atoms. The van der Waals surface area contributed by atoms with Gasteiger partial charge in [-0.05, 0) is 42.5 Å². The van der Waals surface area contributed by atoms with E-state index in [1.54, 1.807) is 30.0 Å². The maximum absolute atomic E-state index is 12.1. The van der Waals surface area contributed by atoms with E-state index in [1.165, 1.54) is 0 Å². The summed E-state index contributed by atoms with van der Waals surface area (Å²) in [6.45, 7) is 1.85. The number of amides is 2. The smallest absolute Gasteiger partial charge is 0.267 e. The Kier molecular flexibility index (Phi) is 5.61. The first-order chi connectivity index (χ1) is 10.6. The zero-order chi connectivity index (χ0) is 15.9. The second-order valence-corrected chi connectivity index (χ2v) is 5.72. The zero-order valence-electron chi connectivity index (χ0n) is 12.6. The molecule has 0 aliphatic rings. The Balaban J connectivity index is 1.99. The molecule has 0 heterocycles. The van der Waals surface area contributed by atoms with Gasteiger partial charge in [-0.3, -0.25) is 20.4 Å². The van der Waals surface area contributed by atoms with Gasteiger partial charge in [0.05, 0.1) is 0 Å². The second-order valence-electron chi connectivity index (χ2n) is 4.86. The maximum Gasteiger partial charge on any atom is 0.269 e. The average Bonchev–Trinajstić information content (AvgIpc) is 2.53. The third-order valence-corrected chi connectivity index (χ3v) is 3.80. The van der Waals surface area contributed by atoms with E-state index in [1.807, 2.05) is 43.5 Å². The van der Waals surface area contributed by atoms with Gasteiger partial charge in [0.1, 0.15) is 0 Å². The number of thioether (sulfide) groups is 1. The molecule has 0 spiro atoms. The van der Waals surface area contributed by atoms with E-state index in [0.29, 0.717) is 11.1 Å².